The highest BCUT2D eigenvalue weighted by Crippen LogP contribution is 2.26. The van der Waals surface area contributed by atoms with Gasteiger partial charge >= 0.3 is 0 Å². The van der Waals surface area contributed by atoms with Gasteiger partial charge in [0.25, 0.3) is 0 Å². The molecule has 7 heteroatoms. The average Bonchev–Trinajstić information content (AvgIpc) is 2.53. The molecule has 2 heterocycles. The normalized spacial score (nSPS) is 19.6. The molecule has 17 heavy (non-hydrogen) atoms. The maximum absolute atomic E-state index is 11.4. The number of hydrogen-bond donors (Lipinski definition) is 0. The monoisotopic (exact) mass is 277 g/mol. The second-order valence-corrected chi connectivity index (χ2v) is 6.85. The summed E-state index contributed by atoms with van der Waals surface area (Å²) in [4.78, 5) is 2.05. The average molecular weight is 278 g/mol. The summed E-state index contributed by atoms with van der Waals surface area (Å²) in [6.07, 6.45) is 0. The van der Waals surface area contributed by atoms with Crippen molar-refractivity contribution in [1.29, 1.82) is 0 Å². The molecule has 1 aromatic rings. The summed E-state index contributed by atoms with van der Waals surface area (Å²) in [6, 6.07) is 0. The fourth-order valence-corrected chi connectivity index (χ4v) is 3.68. The van der Waals surface area contributed by atoms with Gasteiger partial charge in [0.2, 0.25) is 0 Å². The van der Waals surface area contributed by atoms with E-state index in [9.17, 15) is 8.42 Å². The molecule has 0 bridgehead atoms. The molecule has 0 aliphatic carbocycles. The van der Waals surface area contributed by atoms with Crippen LogP contribution in [0.4, 0.5) is 5.82 Å². The molecule has 1 fully saturated rings. The summed E-state index contributed by atoms with van der Waals surface area (Å²) < 4.78 is 24.6. The van der Waals surface area contributed by atoms with Crippen LogP contribution in [0.3, 0.4) is 0 Å². The van der Waals surface area contributed by atoms with E-state index in [1.54, 1.807) is 4.68 Å². The van der Waals surface area contributed by atoms with Crippen LogP contribution < -0.4 is 4.90 Å². The summed E-state index contributed by atoms with van der Waals surface area (Å²) in [5.41, 5.74) is 1.90. The molecule has 96 valence electrons. The lowest BCUT2D eigenvalue weighted by molar-refractivity contribution is 0.584. The highest BCUT2D eigenvalue weighted by molar-refractivity contribution is 7.91. The zero-order chi connectivity index (χ0) is 12.6. The first kappa shape index (κ1) is 12.7. The van der Waals surface area contributed by atoms with Crippen LogP contribution in [0.5, 0.6) is 0 Å². The number of nitrogens with zero attached hydrogens (tertiary/aromatic N) is 3. The predicted molar refractivity (Wildman–Crippen MR) is 68.4 cm³/mol. The summed E-state index contributed by atoms with van der Waals surface area (Å²) in [5, 5.41) is 4.33. The van der Waals surface area contributed by atoms with E-state index in [1.807, 2.05) is 14.0 Å². The van der Waals surface area contributed by atoms with Crippen LogP contribution in [0.1, 0.15) is 11.3 Å². The fourth-order valence-electron chi connectivity index (χ4n) is 2.17. The van der Waals surface area contributed by atoms with E-state index >= 15 is 0 Å². The molecule has 5 nitrogen and oxygen atoms in total. The summed E-state index contributed by atoms with van der Waals surface area (Å²) in [6.45, 7) is 2.96. The Bertz CT molecular complexity index is 510. The van der Waals surface area contributed by atoms with Gasteiger partial charge in [0.1, 0.15) is 5.82 Å². The van der Waals surface area contributed by atoms with Gasteiger partial charge in [0.15, 0.2) is 9.84 Å². The van der Waals surface area contributed by atoms with Gasteiger partial charge in [-0.15, -0.1) is 11.6 Å². The highest BCUT2D eigenvalue weighted by atomic mass is 35.5. The Morgan fingerprint density at radius 3 is 2.47 bits per heavy atom. The lowest BCUT2D eigenvalue weighted by Gasteiger charge is -2.29. The van der Waals surface area contributed by atoms with E-state index in [0.717, 1.165) is 17.1 Å². The topological polar surface area (TPSA) is 55.2 Å². The minimum Gasteiger partial charge on any atom is -0.355 e. The number of alkyl halides is 1. The third-order valence-electron chi connectivity index (χ3n) is 3.09. The first-order valence-corrected chi connectivity index (χ1v) is 7.84. The number of anilines is 1. The summed E-state index contributed by atoms with van der Waals surface area (Å²) >= 11 is 5.93. The Hall–Kier alpha value is -0.750. The molecular formula is C10H16ClN3O2S. The van der Waals surface area contributed by atoms with Gasteiger partial charge in [-0.3, -0.25) is 4.68 Å². The lowest BCUT2D eigenvalue weighted by atomic mass is 10.2. The van der Waals surface area contributed by atoms with Gasteiger partial charge in [-0.25, -0.2) is 8.42 Å². The van der Waals surface area contributed by atoms with Crippen LogP contribution >= 0.6 is 11.6 Å². The van der Waals surface area contributed by atoms with Crippen molar-refractivity contribution in [3.8, 4) is 0 Å². The van der Waals surface area contributed by atoms with Gasteiger partial charge in [-0.1, -0.05) is 0 Å². The Morgan fingerprint density at radius 1 is 1.35 bits per heavy atom. The van der Waals surface area contributed by atoms with E-state index in [4.69, 9.17) is 11.6 Å². The number of aromatic nitrogens is 2. The SMILES string of the molecule is Cc1nn(C)c(N2CCS(=O)(=O)CC2)c1CCl. The minimum atomic E-state index is -2.85. The Kier molecular flexibility index (Phi) is 3.36. The number of sulfone groups is 1. The van der Waals surface area contributed by atoms with Crippen molar-refractivity contribution in [3.63, 3.8) is 0 Å². The predicted octanol–water partition coefficient (Wildman–Crippen LogP) is 0.702. The van der Waals surface area contributed by atoms with Crippen molar-refractivity contribution in [3.05, 3.63) is 11.3 Å². The maximum atomic E-state index is 11.4. The molecule has 0 unspecified atom stereocenters. The van der Waals surface area contributed by atoms with Crippen molar-refractivity contribution in [2.75, 3.05) is 29.5 Å². The molecule has 0 radical (unpaired) electrons. The summed E-state index contributed by atoms with van der Waals surface area (Å²) in [5.74, 6) is 1.77. The van der Waals surface area contributed by atoms with E-state index < -0.39 is 9.84 Å². The van der Waals surface area contributed by atoms with Gasteiger partial charge in [0.05, 0.1) is 23.1 Å². The Morgan fingerprint density at radius 2 is 1.94 bits per heavy atom. The number of rotatable bonds is 2. The first-order valence-electron chi connectivity index (χ1n) is 5.48. The molecule has 0 spiro atoms. The molecule has 0 aromatic carbocycles. The molecular weight excluding hydrogens is 262 g/mol. The molecule has 0 amide bonds. The molecule has 2 rings (SSSR count). The zero-order valence-corrected chi connectivity index (χ0v) is 11.6. The number of aryl methyl sites for hydroxylation is 2. The maximum Gasteiger partial charge on any atom is 0.153 e. The van der Waals surface area contributed by atoms with E-state index in [2.05, 4.69) is 10.00 Å². The van der Waals surface area contributed by atoms with Crippen LogP contribution in [0, 0.1) is 6.92 Å². The highest BCUT2D eigenvalue weighted by Gasteiger charge is 2.26. The largest absolute Gasteiger partial charge is 0.355 e. The fraction of sp³-hybridized carbons (Fsp3) is 0.700. The second-order valence-electron chi connectivity index (χ2n) is 4.28. The molecule has 0 N–H and O–H groups in total. The third-order valence-corrected chi connectivity index (χ3v) is 4.97. The van der Waals surface area contributed by atoms with E-state index in [1.165, 1.54) is 0 Å². The minimum absolute atomic E-state index is 0.207. The van der Waals surface area contributed by atoms with Crippen molar-refractivity contribution in [2.24, 2.45) is 7.05 Å². The lowest BCUT2D eigenvalue weighted by Crippen LogP contribution is -2.41. The van der Waals surface area contributed by atoms with Crippen molar-refractivity contribution >= 4 is 27.3 Å². The van der Waals surface area contributed by atoms with Gasteiger partial charge in [0, 0.05) is 25.7 Å². The Labute approximate surface area is 106 Å². The summed E-state index contributed by atoms with van der Waals surface area (Å²) in [7, 11) is -0.991. The van der Waals surface area contributed by atoms with Crippen molar-refractivity contribution < 1.29 is 8.42 Å². The standard InChI is InChI=1S/C10H16ClN3O2S/c1-8-9(7-11)10(13(2)12-8)14-3-5-17(15,16)6-4-14/h3-7H2,1-2H3. The van der Waals surface area contributed by atoms with Gasteiger partial charge < -0.3 is 4.90 Å². The molecule has 0 saturated carbocycles. The van der Waals surface area contributed by atoms with Crippen LogP contribution in [0.15, 0.2) is 0 Å². The second kappa shape index (κ2) is 4.49. The Balaban J connectivity index is 2.30. The van der Waals surface area contributed by atoms with E-state index in [0.29, 0.717) is 19.0 Å². The molecule has 1 saturated heterocycles. The van der Waals surface area contributed by atoms with Crippen LogP contribution in [0.2, 0.25) is 0 Å². The first-order chi connectivity index (χ1) is 7.94. The quantitative estimate of drug-likeness (QED) is 0.747. The smallest absolute Gasteiger partial charge is 0.153 e. The molecule has 1 aliphatic rings. The number of halogens is 1. The van der Waals surface area contributed by atoms with Crippen LogP contribution in [-0.4, -0.2) is 42.8 Å². The van der Waals surface area contributed by atoms with Crippen molar-refractivity contribution in [2.45, 2.75) is 12.8 Å². The van der Waals surface area contributed by atoms with Crippen LogP contribution in [0.25, 0.3) is 0 Å². The van der Waals surface area contributed by atoms with Gasteiger partial charge in [-0.05, 0) is 6.92 Å². The zero-order valence-electron chi connectivity index (χ0n) is 9.98. The number of hydrogen-bond acceptors (Lipinski definition) is 4. The van der Waals surface area contributed by atoms with Gasteiger partial charge in [-0.2, -0.15) is 5.10 Å². The molecule has 0 atom stereocenters. The molecule has 1 aromatic heterocycles. The van der Waals surface area contributed by atoms with Crippen LogP contribution in [-0.2, 0) is 22.8 Å². The van der Waals surface area contributed by atoms with Crippen molar-refractivity contribution in [1.82, 2.24) is 9.78 Å². The molecule has 1 aliphatic heterocycles. The van der Waals surface area contributed by atoms with E-state index in [-0.39, 0.29) is 11.5 Å². The third kappa shape index (κ3) is 2.42.